The summed E-state index contributed by atoms with van der Waals surface area (Å²) in [6, 6.07) is 0. The molecule has 1 heterocycles. The summed E-state index contributed by atoms with van der Waals surface area (Å²) in [5.41, 5.74) is 0. The molecule has 80 valence electrons. The number of rotatable bonds is 5. The van der Waals surface area contributed by atoms with E-state index in [4.69, 9.17) is 9.47 Å². The van der Waals surface area contributed by atoms with E-state index in [0.717, 1.165) is 6.42 Å². The molecule has 4 heteroatoms. The summed E-state index contributed by atoms with van der Waals surface area (Å²) in [6.07, 6.45) is 1.18. The first-order valence-corrected chi connectivity index (χ1v) is 4.93. The van der Waals surface area contributed by atoms with E-state index in [-0.39, 0.29) is 11.9 Å². The van der Waals surface area contributed by atoms with Crippen molar-refractivity contribution in [1.29, 1.82) is 0 Å². The molecule has 0 aromatic heterocycles. The summed E-state index contributed by atoms with van der Waals surface area (Å²) >= 11 is 0. The molecule has 0 aromatic carbocycles. The van der Waals surface area contributed by atoms with Gasteiger partial charge in [0.25, 0.3) is 0 Å². The van der Waals surface area contributed by atoms with Crippen LogP contribution in [0.4, 0.5) is 0 Å². The van der Waals surface area contributed by atoms with E-state index >= 15 is 0 Å². The van der Waals surface area contributed by atoms with E-state index in [0.29, 0.717) is 19.6 Å². The predicted octanol–water partition coefficient (Wildman–Crippen LogP) is 0.934. The van der Waals surface area contributed by atoms with Gasteiger partial charge in [-0.1, -0.05) is 6.92 Å². The van der Waals surface area contributed by atoms with Gasteiger partial charge in [0.05, 0.1) is 6.61 Å². The lowest BCUT2D eigenvalue weighted by Gasteiger charge is -2.08. The number of hydrogen-bond acceptors (Lipinski definition) is 4. The van der Waals surface area contributed by atoms with Gasteiger partial charge in [-0.3, -0.25) is 9.59 Å². The molecule has 0 bridgehead atoms. The zero-order valence-electron chi connectivity index (χ0n) is 8.62. The van der Waals surface area contributed by atoms with Crippen LogP contribution in [0.2, 0.25) is 0 Å². The quantitative estimate of drug-likeness (QED) is 0.376. The highest BCUT2D eigenvalue weighted by atomic mass is 16.6. The minimum absolute atomic E-state index is 0.118. The Bertz CT molecular complexity index is 224. The number of ether oxygens (including phenoxy) is 2. The van der Waals surface area contributed by atoms with Gasteiger partial charge in [-0.05, 0) is 13.3 Å². The van der Waals surface area contributed by atoms with Crippen molar-refractivity contribution < 1.29 is 19.1 Å². The second-order valence-electron chi connectivity index (χ2n) is 3.53. The van der Waals surface area contributed by atoms with Gasteiger partial charge in [0.1, 0.15) is 17.8 Å². The van der Waals surface area contributed by atoms with Crippen molar-refractivity contribution >= 4 is 11.8 Å². The fourth-order valence-electron chi connectivity index (χ4n) is 1.45. The van der Waals surface area contributed by atoms with E-state index in [9.17, 15) is 9.59 Å². The van der Waals surface area contributed by atoms with Crippen LogP contribution in [0.1, 0.15) is 26.7 Å². The highest BCUT2D eigenvalue weighted by Gasteiger charge is 2.37. The van der Waals surface area contributed by atoms with Crippen LogP contribution in [0.3, 0.4) is 0 Å². The van der Waals surface area contributed by atoms with Gasteiger partial charge in [-0.2, -0.15) is 0 Å². The van der Waals surface area contributed by atoms with Crippen molar-refractivity contribution in [2.24, 2.45) is 5.92 Å². The van der Waals surface area contributed by atoms with Gasteiger partial charge in [-0.25, -0.2) is 0 Å². The smallest absolute Gasteiger partial charge is 0.316 e. The Hall–Kier alpha value is -0.900. The van der Waals surface area contributed by atoms with Crippen LogP contribution < -0.4 is 0 Å². The number of carbonyl (C=O) groups is 2. The molecule has 0 amide bonds. The molecular weight excluding hydrogens is 184 g/mol. The predicted molar refractivity (Wildman–Crippen MR) is 49.8 cm³/mol. The van der Waals surface area contributed by atoms with Gasteiger partial charge in [-0.15, -0.1) is 0 Å². The van der Waals surface area contributed by atoms with Crippen LogP contribution in [0.5, 0.6) is 0 Å². The summed E-state index contributed by atoms with van der Waals surface area (Å²) < 4.78 is 10.3. The minimum atomic E-state index is -0.565. The lowest BCUT2D eigenvalue weighted by Crippen LogP contribution is -2.16. The topological polar surface area (TPSA) is 52.6 Å². The van der Waals surface area contributed by atoms with Gasteiger partial charge in [0.15, 0.2) is 0 Å². The zero-order chi connectivity index (χ0) is 10.6. The maximum atomic E-state index is 11.2. The number of carbonyl (C=O) groups excluding carboxylic acids is 2. The Morgan fingerprint density at radius 1 is 1.64 bits per heavy atom. The van der Waals surface area contributed by atoms with Crippen molar-refractivity contribution in [1.82, 2.24) is 0 Å². The van der Waals surface area contributed by atoms with Gasteiger partial charge in [0.2, 0.25) is 0 Å². The Morgan fingerprint density at radius 3 is 2.86 bits per heavy atom. The van der Waals surface area contributed by atoms with Crippen LogP contribution in [-0.4, -0.2) is 31.1 Å². The molecule has 1 aliphatic rings. The van der Waals surface area contributed by atoms with Gasteiger partial charge < -0.3 is 9.47 Å². The third-order valence-electron chi connectivity index (χ3n) is 2.21. The average molecular weight is 200 g/mol. The monoisotopic (exact) mass is 200 g/mol. The molecule has 0 spiro atoms. The largest absolute Gasteiger partial charge is 0.459 e. The SMILES string of the molecule is CCCOCC1CC(C(C)=O)C(=O)O1. The summed E-state index contributed by atoms with van der Waals surface area (Å²) in [6.45, 7) is 4.50. The summed E-state index contributed by atoms with van der Waals surface area (Å²) in [5, 5.41) is 0. The Morgan fingerprint density at radius 2 is 2.36 bits per heavy atom. The van der Waals surface area contributed by atoms with E-state index < -0.39 is 11.9 Å². The van der Waals surface area contributed by atoms with Crippen LogP contribution in [-0.2, 0) is 19.1 Å². The van der Waals surface area contributed by atoms with E-state index in [1.807, 2.05) is 6.92 Å². The number of esters is 1. The van der Waals surface area contributed by atoms with E-state index in [1.54, 1.807) is 0 Å². The lowest BCUT2D eigenvalue weighted by atomic mass is 10.0. The van der Waals surface area contributed by atoms with Crippen LogP contribution in [0.15, 0.2) is 0 Å². The third-order valence-corrected chi connectivity index (χ3v) is 2.21. The second-order valence-corrected chi connectivity index (χ2v) is 3.53. The van der Waals surface area contributed by atoms with Gasteiger partial charge >= 0.3 is 5.97 Å². The highest BCUT2D eigenvalue weighted by Crippen LogP contribution is 2.22. The molecule has 1 fully saturated rings. The van der Waals surface area contributed by atoms with E-state index in [2.05, 4.69) is 0 Å². The fourth-order valence-corrected chi connectivity index (χ4v) is 1.45. The van der Waals surface area contributed by atoms with Gasteiger partial charge in [0, 0.05) is 13.0 Å². The summed E-state index contributed by atoms with van der Waals surface area (Å²) in [7, 11) is 0. The van der Waals surface area contributed by atoms with Crippen molar-refractivity contribution in [2.45, 2.75) is 32.8 Å². The van der Waals surface area contributed by atoms with Crippen molar-refractivity contribution in [3.63, 3.8) is 0 Å². The van der Waals surface area contributed by atoms with E-state index in [1.165, 1.54) is 6.92 Å². The summed E-state index contributed by atoms with van der Waals surface area (Å²) in [5.74, 6) is -1.08. The molecule has 14 heavy (non-hydrogen) atoms. The number of Topliss-reactive ketones (excluding diaryl/α,β-unsaturated/α-hetero) is 1. The zero-order valence-corrected chi connectivity index (χ0v) is 8.62. The van der Waals surface area contributed by atoms with Crippen molar-refractivity contribution in [3.05, 3.63) is 0 Å². The normalized spacial score (nSPS) is 26.3. The standard InChI is InChI=1S/C10H16O4/c1-3-4-13-6-8-5-9(7(2)11)10(12)14-8/h8-9H,3-6H2,1-2H3. The number of ketones is 1. The molecule has 2 unspecified atom stereocenters. The maximum Gasteiger partial charge on any atom is 0.316 e. The number of cyclic esters (lactones) is 1. The molecule has 0 radical (unpaired) electrons. The first-order chi connectivity index (χ1) is 6.65. The molecule has 0 aliphatic carbocycles. The Balaban J connectivity index is 2.31. The molecule has 1 saturated heterocycles. The van der Waals surface area contributed by atoms with Crippen molar-refractivity contribution in [2.75, 3.05) is 13.2 Å². The summed E-state index contributed by atoms with van der Waals surface area (Å²) in [4.78, 5) is 22.2. The molecule has 4 nitrogen and oxygen atoms in total. The molecule has 1 aliphatic heterocycles. The minimum Gasteiger partial charge on any atom is -0.459 e. The van der Waals surface area contributed by atoms with Crippen LogP contribution >= 0.6 is 0 Å². The maximum absolute atomic E-state index is 11.2. The lowest BCUT2D eigenvalue weighted by molar-refractivity contribution is -0.147. The Labute approximate surface area is 83.6 Å². The number of hydrogen-bond donors (Lipinski definition) is 0. The van der Waals surface area contributed by atoms with Crippen LogP contribution in [0.25, 0.3) is 0 Å². The molecule has 0 aromatic rings. The molecule has 0 N–H and O–H groups in total. The fraction of sp³-hybridized carbons (Fsp3) is 0.800. The molecule has 0 saturated carbocycles. The first-order valence-electron chi connectivity index (χ1n) is 4.93. The molecular formula is C10H16O4. The first kappa shape index (κ1) is 11.2. The van der Waals surface area contributed by atoms with Crippen molar-refractivity contribution in [3.8, 4) is 0 Å². The molecule has 2 atom stereocenters. The highest BCUT2D eigenvalue weighted by molar-refractivity contribution is 5.98. The second kappa shape index (κ2) is 5.10. The average Bonchev–Trinajstić information content (AvgIpc) is 2.47. The molecule has 1 rings (SSSR count). The third kappa shape index (κ3) is 2.80. The van der Waals surface area contributed by atoms with Crippen LogP contribution in [0, 0.1) is 5.92 Å². The Kier molecular flexibility index (Phi) is 4.07.